The molecule has 0 aliphatic carbocycles. The average molecular weight is 489 g/mol. The summed E-state index contributed by atoms with van der Waals surface area (Å²) in [6.07, 6.45) is -0.321. The standard InChI is InChI=1S/C24H29ClN4O3S/c1-6-29-23(17(5)32-18-12-15(3)22(25)16(4)13-18)27-28-24(29)33-14-21(30)26-19-10-8-9-11-20(19)31-7-2/h8-13,17H,6-7,14H2,1-5H3,(H,26,30). The number of amides is 1. The molecule has 3 aromatic rings. The number of hydrogen-bond donors (Lipinski definition) is 1. The van der Waals surface area contributed by atoms with Gasteiger partial charge in [0.1, 0.15) is 11.5 Å². The van der Waals surface area contributed by atoms with E-state index in [0.717, 1.165) is 21.9 Å². The van der Waals surface area contributed by atoms with E-state index in [4.69, 9.17) is 21.1 Å². The molecule has 9 heteroatoms. The van der Waals surface area contributed by atoms with Crippen molar-refractivity contribution in [1.29, 1.82) is 0 Å². The predicted octanol–water partition coefficient (Wildman–Crippen LogP) is 5.84. The van der Waals surface area contributed by atoms with Gasteiger partial charge >= 0.3 is 0 Å². The number of aromatic nitrogens is 3. The van der Waals surface area contributed by atoms with Gasteiger partial charge in [0.15, 0.2) is 17.1 Å². The Morgan fingerprint density at radius 3 is 2.55 bits per heavy atom. The molecule has 1 aromatic heterocycles. The molecule has 0 saturated heterocycles. The lowest BCUT2D eigenvalue weighted by molar-refractivity contribution is -0.113. The van der Waals surface area contributed by atoms with Crippen LogP contribution in [-0.4, -0.2) is 33.0 Å². The van der Waals surface area contributed by atoms with Gasteiger partial charge in [0.05, 0.1) is 18.0 Å². The average Bonchev–Trinajstić information content (AvgIpc) is 3.20. The SMILES string of the molecule is CCOc1ccccc1NC(=O)CSc1nnc(C(C)Oc2cc(C)c(Cl)c(C)c2)n1CC. The first-order valence-corrected chi connectivity index (χ1v) is 12.2. The third kappa shape index (κ3) is 6.21. The van der Waals surface area contributed by atoms with E-state index < -0.39 is 0 Å². The topological polar surface area (TPSA) is 78.3 Å². The van der Waals surface area contributed by atoms with Gasteiger partial charge in [0.2, 0.25) is 5.91 Å². The minimum Gasteiger partial charge on any atom is -0.492 e. The van der Waals surface area contributed by atoms with Gasteiger partial charge in [0.25, 0.3) is 0 Å². The van der Waals surface area contributed by atoms with Crippen molar-refractivity contribution in [3.05, 3.63) is 58.4 Å². The van der Waals surface area contributed by atoms with E-state index in [1.807, 2.05) is 75.6 Å². The van der Waals surface area contributed by atoms with Crippen LogP contribution in [0.4, 0.5) is 5.69 Å². The van der Waals surface area contributed by atoms with Crippen molar-refractivity contribution in [2.75, 3.05) is 17.7 Å². The Bertz CT molecular complexity index is 1100. The first-order valence-electron chi connectivity index (χ1n) is 10.8. The third-order valence-corrected chi connectivity index (χ3v) is 6.50. The van der Waals surface area contributed by atoms with E-state index in [1.54, 1.807) is 0 Å². The van der Waals surface area contributed by atoms with Crippen LogP contribution in [-0.2, 0) is 11.3 Å². The second-order valence-electron chi connectivity index (χ2n) is 7.48. The van der Waals surface area contributed by atoms with Gasteiger partial charge < -0.3 is 19.4 Å². The monoisotopic (exact) mass is 488 g/mol. The van der Waals surface area contributed by atoms with E-state index >= 15 is 0 Å². The largest absolute Gasteiger partial charge is 0.492 e. The van der Waals surface area contributed by atoms with E-state index in [0.29, 0.717) is 35.6 Å². The highest BCUT2D eigenvalue weighted by atomic mass is 35.5. The minimum absolute atomic E-state index is 0.143. The molecular weight excluding hydrogens is 460 g/mol. The summed E-state index contributed by atoms with van der Waals surface area (Å²) in [5.41, 5.74) is 2.58. The molecule has 2 aromatic carbocycles. The fourth-order valence-corrected chi connectivity index (χ4v) is 4.32. The molecule has 176 valence electrons. The summed E-state index contributed by atoms with van der Waals surface area (Å²) < 4.78 is 13.7. The summed E-state index contributed by atoms with van der Waals surface area (Å²) in [7, 11) is 0. The van der Waals surface area contributed by atoms with Crippen LogP contribution in [0.15, 0.2) is 41.6 Å². The van der Waals surface area contributed by atoms with Crippen LogP contribution < -0.4 is 14.8 Å². The van der Waals surface area contributed by atoms with Gasteiger partial charge in [0, 0.05) is 11.6 Å². The number of nitrogens with one attached hydrogen (secondary N) is 1. The van der Waals surface area contributed by atoms with Crippen LogP contribution in [0.3, 0.4) is 0 Å². The number of ether oxygens (including phenoxy) is 2. The summed E-state index contributed by atoms with van der Waals surface area (Å²) in [6.45, 7) is 10.9. The van der Waals surface area contributed by atoms with Crippen molar-refractivity contribution in [2.45, 2.75) is 52.4 Å². The molecule has 1 unspecified atom stereocenters. The van der Waals surface area contributed by atoms with Crippen molar-refractivity contribution in [1.82, 2.24) is 14.8 Å². The lowest BCUT2D eigenvalue weighted by atomic mass is 10.1. The number of benzene rings is 2. The third-order valence-electron chi connectivity index (χ3n) is 4.94. The number of hydrogen-bond acceptors (Lipinski definition) is 6. The molecule has 1 heterocycles. The van der Waals surface area contributed by atoms with Gasteiger partial charge in [-0.15, -0.1) is 10.2 Å². The normalized spacial score (nSPS) is 11.8. The number of thioether (sulfide) groups is 1. The Morgan fingerprint density at radius 2 is 1.88 bits per heavy atom. The molecule has 33 heavy (non-hydrogen) atoms. The lowest BCUT2D eigenvalue weighted by Gasteiger charge is -2.17. The number of carbonyl (C=O) groups is 1. The second-order valence-corrected chi connectivity index (χ2v) is 8.80. The van der Waals surface area contributed by atoms with Crippen LogP contribution >= 0.6 is 23.4 Å². The molecule has 1 amide bonds. The molecular formula is C24H29ClN4O3S. The fourth-order valence-electron chi connectivity index (χ4n) is 3.40. The summed E-state index contributed by atoms with van der Waals surface area (Å²) >= 11 is 7.60. The van der Waals surface area contributed by atoms with Crippen LogP contribution in [0, 0.1) is 13.8 Å². The molecule has 0 fully saturated rings. The van der Waals surface area contributed by atoms with Crippen molar-refractivity contribution in [2.24, 2.45) is 0 Å². The van der Waals surface area contributed by atoms with Crippen LogP contribution in [0.1, 0.15) is 43.8 Å². The molecule has 7 nitrogen and oxygen atoms in total. The molecule has 0 spiro atoms. The zero-order chi connectivity index (χ0) is 24.0. The van der Waals surface area contributed by atoms with Crippen molar-refractivity contribution >= 4 is 35.0 Å². The molecule has 1 atom stereocenters. The summed E-state index contributed by atoms with van der Waals surface area (Å²) in [4.78, 5) is 12.5. The molecule has 0 radical (unpaired) electrons. The summed E-state index contributed by atoms with van der Waals surface area (Å²) in [5.74, 6) is 2.14. The predicted molar refractivity (Wildman–Crippen MR) is 133 cm³/mol. The first-order chi connectivity index (χ1) is 15.8. The van der Waals surface area contributed by atoms with Crippen molar-refractivity contribution in [3.8, 4) is 11.5 Å². The van der Waals surface area contributed by atoms with Gasteiger partial charge in [-0.05, 0) is 70.0 Å². The maximum atomic E-state index is 12.5. The quantitative estimate of drug-likeness (QED) is 0.361. The maximum Gasteiger partial charge on any atom is 0.234 e. The maximum absolute atomic E-state index is 12.5. The highest BCUT2D eigenvalue weighted by Gasteiger charge is 2.20. The van der Waals surface area contributed by atoms with E-state index in [2.05, 4.69) is 15.5 Å². The number of aryl methyl sites for hydroxylation is 2. The summed E-state index contributed by atoms with van der Waals surface area (Å²) in [6, 6.07) is 11.2. The number of para-hydroxylation sites is 2. The Balaban J connectivity index is 1.66. The van der Waals surface area contributed by atoms with E-state index in [1.165, 1.54) is 11.8 Å². The van der Waals surface area contributed by atoms with Gasteiger partial charge in [-0.2, -0.15) is 0 Å². The Kier molecular flexibility index (Phi) is 8.63. The molecule has 3 rings (SSSR count). The minimum atomic E-state index is -0.321. The fraction of sp³-hybridized carbons (Fsp3) is 0.375. The Labute approximate surface area is 203 Å². The molecule has 0 aliphatic heterocycles. The number of carbonyl (C=O) groups excluding carboxylic acids is 1. The Morgan fingerprint density at radius 1 is 1.18 bits per heavy atom. The van der Waals surface area contributed by atoms with Crippen LogP contribution in [0.5, 0.6) is 11.5 Å². The number of nitrogens with zero attached hydrogens (tertiary/aromatic N) is 3. The van der Waals surface area contributed by atoms with Gasteiger partial charge in [-0.3, -0.25) is 4.79 Å². The van der Waals surface area contributed by atoms with Gasteiger partial charge in [-0.25, -0.2) is 0 Å². The van der Waals surface area contributed by atoms with Crippen molar-refractivity contribution in [3.63, 3.8) is 0 Å². The van der Waals surface area contributed by atoms with E-state index in [-0.39, 0.29) is 17.8 Å². The van der Waals surface area contributed by atoms with Crippen LogP contribution in [0.25, 0.3) is 0 Å². The lowest BCUT2D eigenvalue weighted by Crippen LogP contribution is -2.16. The van der Waals surface area contributed by atoms with Crippen molar-refractivity contribution < 1.29 is 14.3 Å². The summed E-state index contributed by atoms with van der Waals surface area (Å²) in [5, 5.41) is 12.9. The van der Waals surface area contributed by atoms with Crippen LogP contribution in [0.2, 0.25) is 5.02 Å². The van der Waals surface area contributed by atoms with Gasteiger partial charge in [-0.1, -0.05) is 35.5 Å². The molecule has 1 N–H and O–H groups in total. The number of anilines is 1. The second kappa shape index (κ2) is 11.4. The number of halogens is 1. The molecule has 0 bridgehead atoms. The van der Waals surface area contributed by atoms with E-state index in [9.17, 15) is 4.79 Å². The molecule has 0 saturated carbocycles. The Hall–Kier alpha value is -2.71. The smallest absolute Gasteiger partial charge is 0.234 e. The highest BCUT2D eigenvalue weighted by Crippen LogP contribution is 2.30. The number of rotatable bonds is 10. The first kappa shape index (κ1) is 24.9. The highest BCUT2D eigenvalue weighted by molar-refractivity contribution is 7.99. The molecule has 0 aliphatic rings. The zero-order valence-electron chi connectivity index (χ0n) is 19.5. The zero-order valence-corrected chi connectivity index (χ0v) is 21.1.